The van der Waals surface area contributed by atoms with E-state index in [1.54, 1.807) is 11.3 Å². The van der Waals surface area contributed by atoms with Gasteiger partial charge in [0.05, 0.1) is 0 Å². The number of aryl methyl sites for hydroxylation is 1. The molecule has 118 valence electrons. The van der Waals surface area contributed by atoms with Crippen molar-refractivity contribution in [3.05, 3.63) is 22.4 Å². The normalized spacial score (nSPS) is 17.3. The lowest BCUT2D eigenvalue weighted by Crippen LogP contribution is -2.43. The Bertz CT molecular complexity index is 410. The number of thiophene rings is 1. The van der Waals surface area contributed by atoms with Gasteiger partial charge in [-0.1, -0.05) is 19.9 Å². The highest BCUT2D eigenvalue weighted by Gasteiger charge is 2.23. The second kappa shape index (κ2) is 8.54. The second-order valence-corrected chi connectivity index (χ2v) is 7.44. The van der Waals surface area contributed by atoms with E-state index in [0.717, 1.165) is 13.0 Å². The van der Waals surface area contributed by atoms with E-state index in [4.69, 9.17) is 0 Å². The molecule has 1 aliphatic heterocycles. The van der Waals surface area contributed by atoms with E-state index >= 15 is 0 Å². The number of amides is 1. The summed E-state index contributed by atoms with van der Waals surface area (Å²) in [6.45, 7) is 7.73. The zero-order chi connectivity index (χ0) is 15.1. The lowest BCUT2D eigenvalue weighted by atomic mass is 10.0. The molecule has 2 rings (SSSR count). The molecule has 3 nitrogen and oxygen atoms in total. The fraction of sp³-hybridized carbons (Fsp3) is 0.706. The summed E-state index contributed by atoms with van der Waals surface area (Å²) in [6.07, 6.45) is 5.25. The molecule has 1 fully saturated rings. The highest BCUT2D eigenvalue weighted by atomic mass is 32.1. The molecular weight excluding hydrogens is 280 g/mol. The van der Waals surface area contributed by atoms with E-state index in [1.165, 1.54) is 37.2 Å². The van der Waals surface area contributed by atoms with Crippen molar-refractivity contribution in [1.82, 2.24) is 10.2 Å². The van der Waals surface area contributed by atoms with E-state index < -0.39 is 0 Å². The van der Waals surface area contributed by atoms with Crippen LogP contribution in [0.1, 0.15) is 44.4 Å². The first kappa shape index (κ1) is 16.5. The van der Waals surface area contributed by atoms with Crippen LogP contribution in [0.3, 0.4) is 0 Å². The van der Waals surface area contributed by atoms with Gasteiger partial charge in [-0.2, -0.15) is 0 Å². The summed E-state index contributed by atoms with van der Waals surface area (Å²) in [5.41, 5.74) is 0. The summed E-state index contributed by atoms with van der Waals surface area (Å²) in [4.78, 5) is 15.9. The minimum absolute atomic E-state index is 0.191. The van der Waals surface area contributed by atoms with Crippen LogP contribution < -0.4 is 5.32 Å². The Hall–Kier alpha value is -0.870. The van der Waals surface area contributed by atoms with Crippen molar-refractivity contribution < 1.29 is 4.79 Å². The van der Waals surface area contributed by atoms with Crippen molar-refractivity contribution in [2.24, 2.45) is 5.92 Å². The molecule has 1 amide bonds. The van der Waals surface area contributed by atoms with Crippen LogP contribution >= 0.6 is 11.3 Å². The van der Waals surface area contributed by atoms with Crippen molar-refractivity contribution in [2.75, 3.05) is 19.6 Å². The average molecular weight is 308 g/mol. The Balaban J connectivity index is 1.73. The number of likely N-dealkylation sites (tertiary alicyclic amines) is 1. The summed E-state index contributed by atoms with van der Waals surface area (Å²) in [6, 6.07) is 4.66. The molecule has 1 N–H and O–H groups in total. The maximum absolute atomic E-state index is 12.0. The van der Waals surface area contributed by atoms with Gasteiger partial charge in [0.1, 0.15) is 0 Å². The van der Waals surface area contributed by atoms with Crippen LogP contribution in [0.2, 0.25) is 0 Å². The molecule has 0 aliphatic carbocycles. The van der Waals surface area contributed by atoms with Gasteiger partial charge in [-0.3, -0.25) is 9.69 Å². The Morgan fingerprint density at radius 2 is 2.14 bits per heavy atom. The maximum atomic E-state index is 12.0. The van der Waals surface area contributed by atoms with Crippen molar-refractivity contribution in [3.8, 4) is 0 Å². The van der Waals surface area contributed by atoms with E-state index in [0.29, 0.717) is 18.4 Å². The van der Waals surface area contributed by atoms with Gasteiger partial charge in [0.25, 0.3) is 0 Å². The van der Waals surface area contributed by atoms with E-state index in [1.807, 2.05) is 6.07 Å². The molecule has 1 aromatic heterocycles. The topological polar surface area (TPSA) is 32.3 Å². The number of carbonyl (C=O) groups is 1. The summed E-state index contributed by atoms with van der Waals surface area (Å²) in [5, 5.41) is 5.22. The van der Waals surface area contributed by atoms with Gasteiger partial charge in [-0.15, -0.1) is 11.3 Å². The van der Waals surface area contributed by atoms with Crippen LogP contribution in [0.5, 0.6) is 0 Å². The number of nitrogens with one attached hydrogen (secondary N) is 1. The minimum Gasteiger partial charge on any atom is -0.355 e. The zero-order valence-corrected chi connectivity index (χ0v) is 14.1. The first-order valence-electron chi connectivity index (χ1n) is 8.18. The van der Waals surface area contributed by atoms with Crippen molar-refractivity contribution >= 4 is 17.2 Å². The number of hydrogen-bond donors (Lipinski definition) is 1. The Morgan fingerprint density at radius 3 is 2.76 bits per heavy atom. The van der Waals surface area contributed by atoms with Gasteiger partial charge in [-0.25, -0.2) is 0 Å². The largest absolute Gasteiger partial charge is 0.355 e. The monoisotopic (exact) mass is 308 g/mol. The summed E-state index contributed by atoms with van der Waals surface area (Å²) in [7, 11) is 0. The third-order valence-electron chi connectivity index (χ3n) is 4.11. The van der Waals surface area contributed by atoms with E-state index in [2.05, 4.69) is 35.5 Å². The highest BCUT2D eigenvalue weighted by molar-refractivity contribution is 7.09. The summed E-state index contributed by atoms with van der Waals surface area (Å²) >= 11 is 1.73. The first-order valence-corrected chi connectivity index (χ1v) is 9.06. The zero-order valence-electron chi connectivity index (χ0n) is 13.3. The van der Waals surface area contributed by atoms with Crippen LogP contribution in [0.4, 0.5) is 0 Å². The maximum Gasteiger partial charge on any atom is 0.220 e. The molecule has 0 saturated carbocycles. The first-order chi connectivity index (χ1) is 10.1. The predicted molar refractivity (Wildman–Crippen MR) is 89.7 cm³/mol. The fourth-order valence-corrected chi connectivity index (χ4v) is 3.73. The number of nitrogens with zero attached hydrogens (tertiary/aromatic N) is 1. The highest BCUT2D eigenvalue weighted by Crippen LogP contribution is 2.17. The number of rotatable bonds is 8. The molecule has 1 unspecified atom stereocenters. The molecule has 1 aromatic rings. The second-order valence-electron chi connectivity index (χ2n) is 6.41. The molecule has 0 radical (unpaired) electrons. The molecule has 0 bridgehead atoms. The van der Waals surface area contributed by atoms with E-state index in [9.17, 15) is 4.79 Å². The standard InChI is InChI=1S/C17H28N2OS/c1-14(2)12-15(19-9-3-4-10-19)13-18-17(20)8-7-16-6-5-11-21-16/h5-6,11,14-15H,3-4,7-10,12-13H2,1-2H3,(H,18,20). The molecule has 1 aliphatic rings. The Kier molecular flexibility index (Phi) is 6.71. The molecule has 21 heavy (non-hydrogen) atoms. The predicted octanol–water partition coefficient (Wildman–Crippen LogP) is 3.31. The van der Waals surface area contributed by atoms with Gasteiger partial charge in [0.2, 0.25) is 5.91 Å². The van der Waals surface area contributed by atoms with E-state index in [-0.39, 0.29) is 5.91 Å². The van der Waals surface area contributed by atoms with Gasteiger partial charge < -0.3 is 5.32 Å². The van der Waals surface area contributed by atoms with Crippen LogP contribution in [0.25, 0.3) is 0 Å². The van der Waals surface area contributed by atoms with Gasteiger partial charge in [-0.05, 0) is 56.1 Å². The molecular formula is C17H28N2OS. The van der Waals surface area contributed by atoms with Gasteiger partial charge >= 0.3 is 0 Å². The number of hydrogen-bond acceptors (Lipinski definition) is 3. The SMILES string of the molecule is CC(C)CC(CNC(=O)CCc1cccs1)N1CCCC1. The molecule has 0 spiro atoms. The van der Waals surface area contributed by atoms with Gasteiger partial charge in [0, 0.05) is 23.9 Å². The van der Waals surface area contributed by atoms with Crippen LogP contribution in [0, 0.1) is 5.92 Å². The third kappa shape index (κ3) is 5.79. The lowest BCUT2D eigenvalue weighted by Gasteiger charge is -2.29. The molecule has 4 heteroatoms. The smallest absolute Gasteiger partial charge is 0.220 e. The van der Waals surface area contributed by atoms with Crippen molar-refractivity contribution in [1.29, 1.82) is 0 Å². The van der Waals surface area contributed by atoms with Crippen molar-refractivity contribution in [3.63, 3.8) is 0 Å². The van der Waals surface area contributed by atoms with Crippen molar-refractivity contribution in [2.45, 2.75) is 52.0 Å². The molecule has 1 atom stereocenters. The molecule has 0 aromatic carbocycles. The van der Waals surface area contributed by atoms with Crippen LogP contribution in [-0.2, 0) is 11.2 Å². The fourth-order valence-electron chi connectivity index (χ4n) is 3.02. The molecule has 2 heterocycles. The average Bonchev–Trinajstić information content (AvgIpc) is 3.12. The van der Waals surface area contributed by atoms with Gasteiger partial charge in [0.15, 0.2) is 0 Å². The van der Waals surface area contributed by atoms with Crippen LogP contribution in [0.15, 0.2) is 17.5 Å². The molecule has 1 saturated heterocycles. The Labute approximate surface area is 132 Å². The quantitative estimate of drug-likeness (QED) is 0.799. The number of carbonyl (C=O) groups excluding carboxylic acids is 1. The lowest BCUT2D eigenvalue weighted by molar-refractivity contribution is -0.121. The Morgan fingerprint density at radius 1 is 1.38 bits per heavy atom. The minimum atomic E-state index is 0.191. The summed E-state index contributed by atoms with van der Waals surface area (Å²) < 4.78 is 0. The third-order valence-corrected chi connectivity index (χ3v) is 5.05. The van der Waals surface area contributed by atoms with Crippen LogP contribution in [-0.4, -0.2) is 36.5 Å². The summed E-state index contributed by atoms with van der Waals surface area (Å²) in [5.74, 6) is 0.870.